The normalized spacial score (nSPS) is 26.9. The first kappa shape index (κ1) is 9.76. The lowest BCUT2D eigenvalue weighted by molar-refractivity contribution is -0.120. The van der Waals surface area contributed by atoms with Gasteiger partial charge in [0.1, 0.15) is 5.78 Å². The minimum atomic E-state index is 0.494. The van der Waals surface area contributed by atoms with Crippen molar-refractivity contribution in [3.8, 4) is 0 Å². The van der Waals surface area contributed by atoms with Gasteiger partial charge >= 0.3 is 0 Å². The molecule has 0 saturated heterocycles. The Labute approximate surface area is 75.5 Å². The second-order valence-corrected chi connectivity index (χ2v) is 4.35. The van der Waals surface area contributed by atoms with E-state index in [0.29, 0.717) is 17.6 Å². The van der Waals surface area contributed by atoms with Crippen LogP contribution in [0.5, 0.6) is 0 Å². The maximum absolute atomic E-state index is 11.4. The summed E-state index contributed by atoms with van der Waals surface area (Å²) in [5, 5.41) is 0. The molecule has 0 bridgehead atoms. The van der Waals surface area contributed by atoms with Gasteiger partial charge in [-0.05, 0) is 24.7 Å². The molecule has 0 aromatic heterocycles. The van der Waals surface area contributed by atoms with E-state index in [4.69, 9.17) is 0 Å². The molecule has 1 aliphatic rings. The summed E-state index contributed by atoms with van der Waals surface area (Å²) in [7, 11) is 0. The summed E-state index contributed by atoms with van der Waals surface area (Å²) in [6, 6.07) is 0. The Hall–Kier alpha value is -0.330. The average Bonchev–Trinajstić information content (AvgIpc) is 1.95. The zero-order valence-corrected chi connectivity index (χ0v) is 8.31. The standard InChI is InChI=1S/C11H20O/c1-9(2)10-6-4-3-5-7-11(12)8-10/h9-10H,3-8H2,1-2H3. The lowest BCUT2D eigenvalue weighted by Crippen LogP contribution is -2.16. The Kier molecular flexibility index (Phi) is 3.77. The molecule has 1 unspecified atom stereocenters. The lowest BCUT2D eigenvalue weighted by Gasteiger charge is -2.22. The van der Waals surface area contributed by atoms with Gasteiger partial charge in [0.2, 0.25) is 0 Å². The third-order valence-corrected chi connectivity index (χ3v) is 2.96. The van der Waals surface area contributed by atoms with E-state index in [1.807, 2.05) is 0 Å². The fraction of sp³-hybridized carbons (Fsp3) is 0.909. The van der Waals surface area contributed by atoms with Gasteiger partial charge in [-0.3, -0.25) is 4.79 Å². The van der Waals surface area contributed by atoms with Gasteiger partial charge in [0.25, 0.3) is 0 Å². The van der Waals surface area contributed by atoms with Gasteiger partial charge in [0.15, 0.2) is 0 Å². The molecule has 0 radical (unpaired) electrons. The average molecular weight is 168 g/mol. The minimum Gasteiger partial charge on any atom is -0.300 e. The number of carbonyl (C=O) groups excluding carboxylic acids is 1. The van der Waals surface area contributed by atoms with Crippen molar-refractivity contribution in [2.24, 2.45) is 11.8 Å². The highest BCUT2D eigenvalue weighted by molar-refractivity contribution is 5.78. The molecule has 1 atom stereocenters. The topological polar surface area (TPSA) is 17.1 Å². The van der Waals surface area contributed by atoms with E-state index < -0.39 is 0 Å². The van der Waals surface area contributed by atoms with Gasteiger partial charge in [0, 0.05) is 12.8 Å². The Morgan fingerprint density at radius 2 is 2.00 bits per heavy atom. The molecule has 0 spiro atoms. The van der Waals surface area contributed by atoms with Crippen molar-refractivity contribution in [2.45, 2.75) is 52.4 Å². The van der Waals surface area contributed by atoms with E-state index in [2.05, 4.69) is 13.8 Å². The van der Waals surface area contributed by atoms with E-state index in [9.17, 15) is 4.79 Å². The minimum absolute atomic E-state index is 0.494. The molecule has 0 N–H and O–H groups in total. The quantitative estimate of drug-likeness (QED) is 0.587. The van der Waals surface area contributed by atoms with Crippen LogP contribution in [0, 0.1) is 11.8 Å². The number of ketones is 1. The van der Waals surface area contributed by atoms with E-state index >= 15 is 0 Å². The first-order valence-electron chi connectivity index (χ1n) is 5.22. The van der Waals surface area contributed by atoms with Crippen LogP contribution in [0.4, 0.5) is 0 Å². The summed E-state index contributed by atoms with van der Waals surface area (Å²) in [4.78, 5) is 11.4. The molecule has 0 aromatic rings. The molecule has 0 aliphatic heterocycles. The molecule has 0 amide bonds. The van der Waals surface area contributed by atoms with Crippen molar-refractivity contribution >= 4 is 5.78 Å². The Bertz CT molecular complexity index is 149. The second-order valence-electron chi connectivity index (χ2n) is 4.35. The van der Waals surface area contributed by atoms with Gasteiger partial charge in [0.05, 0.1) is 0 Å². The van der Waals surface area contributed by atoms with Crippen molar-refractivity contribution in [1.29, 1.82) is 0 Å². The molecule has 1 fully saturated rings. The molecule has 12 heavy (non-hydrogen) atoms. The highest BCUT2D eigenvalue weighted by Gasteiger charge is 2.18. The molecule has 1 nitrogen and oxygen atoms in total. The number of hydrogen-bond donors (Lipinski definition) is 0. The maximum atomic E-state index is 11.4. The first-order chi connectivity index (χ1) is 5.70. The molecular weight excluding hydrogens is 148 g/mol. The number of hydrogen-bond acceptors (Lipinski definition) is 1. The smallest absolute Gasteiger partial charge is 0.133 e. The summed E-state index contributed by atoms with van der Waals surface area (Å²) >= 11 is 0. The van der Waals surface area contributed by atoms with Gasteiger partial charge in [-0.1, -0.05) is 26.7 Å². The van der Waals surface area contributed by atoms with Crippen LogP contribution < -0.4 is 0 Å². The van der Waals surface area contributed by atoms with Crippen molar-refractivity contribution in [2.75, 3.05) is 0 Å². The Balaban J connectivity index is 2.43. The molecule has 0 heterocycles. The zero-order chi connectivity index (χ0) is 8.97. The predicted molar refractivity (Wildman–Crippen MR) is 51.0 cm³/mol. The molecule has 1 heteroatoms. The second kappa shape index (κ2) is 4.64. The Morgan fingerprint density at radius 3 is 2.67 bits per heavy atom. The summed E-state index contributed by atoms with van der Waals surface area (Å²) in [6.07, 6.45) is 6.67. The van der Waals surface area contributed by atoms with Crippen LogP contribution in [0.2, 0.25) is 0 Å². The maximum Gasteiger partial charge on any atom is 0.133 e. The van der Waals surface area contributed by atoms with E-state index in [-0.39, 0.29) is 0 Å². The van der Waals surface area contributed by atoms with Crippen molar-refractivity contribution in [1.82, 2.24) is 0 Å². The lowest BCUT2D eigenvalue weighted by atomic mass is 9.83. The fourth-order valence-corrected chi connectivity index (χ4v) is 1.97. The van der Waals surface area contributed by atoms with Crippen LogP contribution in [0.1, 0.15) is 52.4 Å². The van der Waals surface area contributed by atoms with Gasteiger partial charge < -0.3 is 0 Å². The van der Waals surface area contributed by atoms with Crippen molar-refractivity contribution < 1.29 is 4.79 Å². The van der Waals surface area contributed by atoms with Crippen LogP contribution in [-0.4, -0.2) is 5.78 Å². The van der Waals surface area contributed by atoms with Crippen LogP contribution >= 0.6 is 0 Å². The van der Waals surface area contributed by atoms with E-state index in [0.717, 1.165) is 19.3 Å². The number of rotatable bonds is 1. The third-order valence-electron chi connectivity index (χ3n) is 2.96. The number of Topliss-reactive ketones (excluding diaryl/α,β-unsaturated/α-hetero) is 1. The first-order valence-corrected chi connectivity index (χ1v) is 5.22. The van der Waals surface area contributed by atoms with E-state index in [1.165, 1.54) is 19.3 Å². The molecule has 1 aliphatic carbocycles. The van der Waals surface area contributed by atoms with Gasteiger partial charge in [-0.15, -0.1) is 0 Å². The molecular formula is C11H20O. The highest BCUT2D eigenvalue weighted by atomic mass is 16.1. The molecule has 1 saturated carbocycles. The van der Waals surface area contributed by atoms with Crippen LogP contribution in [0.15, 0.2) is 0 Å². The summed E-state index contributed by atoms with van der Waals surface area (Å²) < 4.78 is 0. The number of carbonyl (C=O) groups is 1. The largest absolute Gasteiger partial charge is 0.300 e. The summed E-state index contributed by atoms with van der Waals surface area (Å²) in [5.74, 6) is 1.85. The molecule has 0 aromatic carbocycles. The summed E-state index contributed by atoms with van der Waals surface area (Å²) in [5.41, 5.74) is 0. The van der Waals surface area contributed by atoms with Crippen molar-refractivity contribution in [3.63, 3.8) is 0 Å². The van der Waals surface area contributed by atoms with Gasteiger partial charge in [-0.25, -0.2) is 0 Å². The van der Waals surface area contributed by atoms with Crippen LogP contribution in [-0.2, 0) is 4.79 Å². The third kappa shape index (κ3) is 2.96. The van der Waals surface area contributed by atoms with Crippen LogP contribution in [0.3, 0.4) is 0 Å². The summed E-state index contributed by atoms with van der Waals surface area (Å²) in [6.45, 7) is 4.47. The van der Waals surface area contributed by atoms with E-state index in [1.54, 1.807) is 0 Å². The predicted octanol–water partition coefficient (Wildman–Crippen LogP) is 3.18. The van der Waals surface area contributed by atoms with Crippen molar-refractivity contribution in [3.05, 3.63) is 0 Å². The highest BCUT2D eigenvalue weighted by Crippen LogP contribution is 2.25. The van der Waals surface area contributed by atoms with Crippen LogP contribution in [0.25, 0.3) is 0 Å². The Morgan fingerprint density at radius 1 is 1.25 bits per heavy atom. The molecule has 1 rings (SSSR count). The SMILES string of the molecule is CC(C)C1CCCCCC(=O)C1. The molecule has 70 valence electrons. The fourth-order valence-electron chi connectivity index (χ4n) is 1.97. The monoisotopic (exact) mass is 168 g/mol. The zero-order valence-electron chi connectivity index (χ0n) is 8.31. The van der Waals surface area contributed by atoms with Gasteiger partial charge in [-0.2, -0.15) is 0 Å².